The lowest BCUT2D eigenvalue weighted by Crippen LogP contribution is -2.51. The number of ether oxygens (including phenoxy) is 1. The lowest BCUT2D eigenvalue weighted by atomic mass is 10.1. The lowest BCUT2D eigenvalue weighted by molar-refractivity contribution is -0.128. The normalized spacial score (nSPS) is 14.6. The molecule has 6 nitrogen and oxygen atoms in total. The third-order valence-electron chi connectivity index (χ3n) is 4.54. The first-order chi connectivity index (χ1) is 12.6. The number of furan rings is 1. The quantitative estimate of drug-likeness (QED) is 0.788. The van der Waals surface area contributed by atoms with Crippen LogP contribution in [0.25, 0.3) is 22.3 Å². The number of hydrogen-bond donors (Lipinski definition) is 1. The van der Waals surface area contributed by atoms with Gasteiger partial charge in [-0.3, -0.25) is 9.59 Å². The molecule has 3 aromatic rings. The first-order valence-electron chi connectivity index (χ1n) is 8.31. The topological polar surface area (TPSA) is 71.8 Å². The average Bonchev–Trinajstić information content (AvgIpc) is 3.08. The first-order valence-corrected chi connectivity index (χ1v) is 8.31. The van der Waals surface area contributed by atoms with E-state index in [1.54, 1.807) is 7.11 Å². The molecule has 6 heteroatoms. The van der Waals surface area contributed by atoms with E-state index in [0.29, 0.717) is 11.3 Å². The van der Waals surface area contributed by atoms with E-state index in [1.165, 1.54) is 4.90 Å². The SMILES string of the molecule is COc1cccc2cc(-c3ccc(N4CC(=O)NCC4=O)c(C)c3)oc12. The number of fused-ring (bicyclic) bond motifs is 1. The predicted molar refractivity (Wildman–Crippen MR) is 98.3 cm³/mol. The molecule has 0 bridgehead atoms. The summed E-state index contributed by atoms with van der Waals surface area (Å²) < 4.78 is 11.3. The molecule has 132 valence electrons. The van der Waals surface area contributed by atoms with Crippen LogP contribution in [0.2, 0.25) is 0 Å². The van der Waals surface area contributed by atoms with Gasteiger partial charge in [-0.05, 0) is 42.8 Å². The van der Waals surface area contributed by atoms with Crippen molar-refractivity contribution in [3.63, 3.8) is 0 Å². The van der Waals surface area contributed by atoms with Crippen molar-refractivity contribution >= 4 is 28.5 Å². The fourth-order valence-corrected chi connectivity index (χ4v) is 3.23. The molecule has 1 aliphatic heterocycles. The van der Waals surface area contributed by atoms with E-state index in [4.69, 9.17) is 9.15 Å². The molecule has 1 saturated heterocycles. The molecule has 0 aliphatic carbocycles. The summed E-state index contributed by atoms with van der Waals surface area (Å²) in [6.45, 7) is 1.99. The van der Waals surface area contributed by atoms with Gasteiger partial charge in [0.05, 0.1) is 13.7 Å². The number of anilines is 1. The Kier molecular flexibility index (Phi) is 3.88. The minimum Gasteiger partial charge on any atom is -0.493 e. The van der Waals surface area contributed by atoms with Gasteiger partial charge >= 0.3 is 0 Å². The van der Waals surface area contributed by atoms with Gasteiger partial charge in [0.15, 0.2) is 11.3 Å². The largest absolute Gasteiger partial charge is 0.493 e. The van der Waals surface area contributed by atoms with E-state index in [1.807, 2.05) is 49.4 Å². The smallest absolute Gasteiger partial charge is 0.246 e. The molecule has 0 unspecified atom stereocenters. The van der Waals surface area contributed by atoms with Crippen LogP contribution < -0.4 is 15.0 Å². The van der Waals surface area contributed by atoms with Crippen LogP contribution in [-0.2, 0) is 9.59 Å². The van der Waals surface area contributed by atoms with Gasteiger partial charge in [0.2, 0.25) is 11.8 Å². The van der Waals surface area contributed by atoms with Crippen molar-refractivity contribution in [3.8, 4) is 17.1 Å². The number of methoxy groups -OCH3 is 1. The number of carbonyl (C=O) groups excluding carboxylic acids is 2. The van der Waals surface area contributed by atoms with Crippen molar-refractivity contribution in [2.24, 2.45) is 0 Å². The molecule has 0 radical (unpaired) electrons. The standard InChI is InChI=1S/C20H18N2O4/c1-12-8-13(6-7-15(12)22-11-18(23)21-10-19(22)24)17-9-14-4-3-5-16(25-2)20(14)26-17/h3-9H,10-11H2,1-2H3,(H,21,23). The Hall–Kier alpha value is -3.28. The average molecular weight is 350 g/mol. The van der Waals surface area contributed by atoms with Crippen LogP contribution in [0.5, 0.6) is 5.75 Å². The molecule has 4 rings (SSSR count). The van der Waals surface area contributed by atoms with Crippen molar-refractivity contribution in [1.29, 1.82) is 0 Å². The zero-order valence-corrected chi connectivity index (χ0v) is 14.5. The highest BCUT2D eigenvalue weighted by Gasteiger charge is 2.25. The Labute approximate surface area is 150 Å². The zero-order valence-electron chi connectivity index (χ0n) is 14.5. The van der Waals surface area contributed by atoms with Gasteiger partial charge in [0.1, 0.15) is 12.3 Å². The molecule has 26 heavy (non-hydrogen) atoms. The predicted octanol–water partition coefficient (Wildman–Crippen LogP) is 2.88. The Balaban J connectivity index is 1.72. The summed E-state index contributed by atoms with van der Waals surface area (Å²) in [5, 5.41) is 3.52. The van der Waals surface area contributed by atoms with Crippen LogP contribution in [0.1, 0.15) is 5.56 Å². The minimum absolute atomic E-state index is 0.0311. The van der Waals surface area contributed by atoms with Crippen LogP contribution in [0.4, 0.5) is 5.69 Å². The molecule has 1 N–H and O–H groups in total. The maximum Gasteiger partial charge on any atom is 0.246 e. The Morgan fingerprint density at radius 2 is 2.00 bits per heavy atom. The molecule has 1 aliphatic rings. The number of piperazine rings is 1. The highest BCUT2D eigenvalue weighted by molar-refractivity contribution is 6.05. The molecular weight excluding hydrogens is 332 g/mol. The van der Waals surface area contributed by atoms with Gasteiger partial charge in [0, 0.05) is 16.6 Å². The van der Waals surface area contributed by atoms with Gasteiger partial charge in [-0.25, -0.2) is 0 Å². The van der Waals surface area contributed by atoms with Gasteiger partial charge in [-0.15, -0.1) is 0 Å². The second-order valence-corrected chi connectivity index (χ2v) is 6.25. The van der Waals surface area contributed by atoms with Crippen molar-refractivity contribution in [2.45, 2.75) is 6.92 Å². The van der Waals surface area contributed by atoms with E-state index < -0.39 is 0 Å². The Bertz CT molecular complexity index is 1020. The van der Waals surface area contributed by atoms with Gasteiger partial charge in [-0.2, -0.15) is 0 Å². The molecule has 0 atom stereocenters. The van der Waals surface area contributed by atoms with E-state index in [2.05, 4.69) is 5.32 Å². The highest BCUT2D eigenvalue weighted by Crippen LogP contribution is 2.35. The number of benzene rings is 2. The number of aryl methyl sites for hydroxylation is 1. The third kappa shape index (κ3) is 2.69. The summed E-state index contributed by atoms with van der Waals surface area (Å²) in [6, 6.07) is 13.4. The molecule has 2 aromatic carbocycles. The first kappa shape index (κ1) is 16.2. The van der Waals surface area contributed by atoms with Crippen molar-refractivity contribution in [1.82, 2.24) is 5.32 Å². The van der Waals surface area contributed by atoms with Crippen molar-refractivity contribution < 1.29 is 18.7 Å². The molecule has 1 fully saturated rings. The van der Waals surface area contributed by atoms with Crippen molar-refractivity contribution in [2.75, 3.05) is 25.1 Å². The summed E-state index contributed by atoms with van der Waals surface area (Å²) in [4.78, 5) is 25.2. The monoisotopic (exact) mass is 350 g/mol. The fourth-order valence-electron chi connectivity index (χ4n) is 3.23. The molecule has 2 heterocycles. The number of amides is 2. The number of nitrogens with one attached hydrogen (secondary N) is 1. The molecule has 2 amide bonds. The summed E-state index contributed by atoms with van der Waals surface area (Å²) in [5.74, 6) is 1.14. The van der Waals surface area contributed by atoms with Gasteiger partial charge in [0.25, 0.3) is 0 Å². The molecule has 0 spiro atoms. The summed E-state index contributed by atoms with van der Waals surface area (Å²) in [5.41, 5.74) is 3.24. The Morgan fingerprint density at radius 3 is 2.77 bits per heavy atom. The second-order valence-electron chi connectivity index (χ2n) is 6.25. The maximum absolute atomic E-state index is 12.1. The molecular formula is C20H18N2O4. The van der Waals surface area contributed by atoms with Crippen LogP contribution in [0.3, 0.4) is 0 Å². The van der Waals surface area contributed by atoms with Crippen LogP contribution in [0.15, 0.2) is 46.9 Å². The van der Waals surface area contributed by atoms with Crippen molar-refractivity contribution in [3.05, 3.63) is 48.0 Å². The van der Waals surface area contributed by atoms with E-state index in [9.17, 15) is 9.59 Å². The highest BCUT2D eigenvalue weighted by atomic mass is 16.5. The molecule has 0 saturated carbocycles. The van der Waals surface area contributed by atoms with E-state index in [-0.39, 0.29) is 24.9 Å². The van der Waals surface area contributed by atoms with E-state index in [0.717, 1.165) is 28.0 Å². The molecule has 1 aromatic heterocycles. The lowest BCUT2D eigenvalue weighted by Gasteiger charge is -2.28. The maximum atomic E-state index is 12.1. The van der Waals surface area contributed by atoms with E-state index >= 15 is 0 Å². The third-order valence-corrected chi connectivity index (χ3v) is 4.54. The van der Waals surface area contributed by atoms with Crippen LogP contribution >= 0.6 is 0 Å². The summed E-state index contributed by atoms with van der Waals surface area (Å²) in [6.07, 6.45) is 0. The number of nitrogens with zero attached hydrogens (tertiary/aromatic N) is 1. The fraction of sp³-hybridized carbons (Fsp3) is 0.200. The number of para-hydroxylation sites is 1. The summed E-state index contributed by atoms with van der Waals surface area (Å²) >= 11 is 0. The summed E-state index contributed by atoms with van der Waals surface area (Å²) in [7, 11) is 1.61. The minimum atomic E-state index is -0.155. The van der Waals surface area contributed by atoms with Crippen LogP contribution in [0, 0.1) is 6.92 Å². The van der Waals surface area contributed by atoms with Crippen LogP contribution in [-0.4, -0.2) is 32.0 Å². The second kappa shape index (κ2) is 6.22. The van der Waals surface area contributed by atoms with Gasteiger partial charge in [-0.1, -0.05) is 12.1 Å². The number of hydrogen-bond acceptors (Lipinski definition) is 4. The number of rotatable bonds is 3. The zero-order chi connectivity index (χ0) is 18.3. The number of carbonyl (C=O) groups is 2. The Morgan fingerprint density at radius 1 is 1.15 bits per heavy atom. The van der Waals surface area contributed by atoms with Gasteiger partial charge < -0.3 is 19.4 Å².